The molecule has 1 heterocycles. The van der Waals surface area contributed by atoms with Crippen LogP contribution in [0.2, 0.25) is 0 Å². The van der Waals surface area contributed by atoms with Gasteiger partial charge in [-0.3, -0.25) is 4.98 Å². The number of pyridine rings is 1. The zero-order chi connectivity index (χ0) is 24.1. The van der Waals surface area contributed by atoms with E-state index in [1.54, 1.807) is 13.0 Å². The van der Waals surface area contributed by atoms with Crippen LogP contribution in [0, 0.1) is 5.82 Å². The van der Waals surface area contributed by atoms with E-state index in [0.29, 0.717) is 12.4 Å². The maximum absolute atomic E-state index is 14.4. The highest BCUT2D eigenvalue weighted by molar-refractivity contribution is 5.84. The molecule has 3 nitrogen and oxygen atoms in total. The summed E-state index contributed by atoms with van der Waals surface area (Å²) in [6.07, 6.45) is 3.25. The third-order valence-electron chi connectivity index (χ3n) is 5.63. The molecule has 0 aliphatic heterocycles. The van der Waals surface area contributed by atoms with E-state index in [2.05, 4.69) is 27.7 Å². The van der Waals surface area contributed by atoms with Crippen molar-refractivity contribution >= 4 is 6.08 Å². The lowest BCUT2D eigenvalue weighted by Gasteiger charge is -2.26. The Bertz CT molecular complexity index is 1120. The smallest absolute Gasteiger partial charge is 0.130 e. The van der Waals surface area contributed by atoms with E-state index in [1.807, 2.05) is 49.4 Å². The average Bonchev–Trinajstić information content (AvgIpc) is 2.78. The van der Waals surface area contributed by atoms with E-state index >= 15 is 0 Å². The molecule has 174 valence electrons. The van der Waals surface area contributed by atoms with Crippen molar-refractivity contribution in [2.24, 2.45) is 0 Å². The second kappa shape index (κ2) is 10.8. The SMILES string of the molecule is CC=Cc1c(C(C)C)nc(C(C)C)c(C(C)O)c1-c1ccc(F)cc1OCc1ccccc1. The van der Waals surface area contributed by atoms with E-state index in [4.69, 9.17) is 9.72 Å². The van der Waals surface area contributed by atoms with Crippen molar-refractivity contribution in [3.63, 3.8) is 0 Å². The summed E-state index contributed by atoms with van der Waals surface area (Å²) in [5, 5.41) is 10.9. The number of nitrogens with zero attached hydrogens (tertiary/aromatic N) is 1. The number of allylic oxidation sites excluding steroid dienone is 1. The predicted molar refractivity (Wildman–Crippen MR) is 134 cm³/mol. The minimum Gasteiger partial charge on any atom is -0.488 e. The number of aliphatic hydroxyl groups excluding tert-OH is 1. The molecular formula is C29H34FNO2. The van der Waals surface area contributed by atoms with Gasteiger partial charge in [0, 0.05) is 34.0 Å². The van der Waals surface area contributed by atoms with Gasteiger partial charge in [0.25, 0.3) is 0 Å². The van der Waals surface area contributed by atoms with Crippen molar-refractivity contribution in [3.8, 4) is 16.9 Å². The molecule has 0 bridgehead atoms. The first-order valence-corrected chi connectivity index (χ1v) is 11.6. The van der Waals surface area contributed by atoms with Crippen LogP contribution in [0.4, 0.5) is 4.39 Å². The number of aliphatic hydroxyl groups is 1. The van der Waals surface area contributed by atoms with E-state index in [1.165, 1.54) is 12.1 Å². The van der Waals surface area contributed by atoms with Gasteiger partial charge in [0.1, 0.15) is 18.2 Å². The molecule has 0 fully saturated rings. The predicted octanol–water partition coefficient (Wildman–Crippen LogP) is 7.80. The van der Waals surface area contributed by atoms with Gasteiger partial charge in [-0.15, -0.1) is 0 Å². The molecule has 0 saturated carbocycles. The molecular weight excluding hydrogens is 413 g/mol. The van der Waals surface area contributed by atoms with Crippen LogP contribution in [0.1, 0.15) is 87.6 Å². The third kappa shape index (κ3) is 5.51. The van der Waals surface area contributed by atoms with Gasteiger partial charge in [0.15, 0.2) is 0 Å². The number of hydrogen-bond acceptors (Lipinski definition) is 3. The second-order valence-corrected chi connectivity index (χ2v) is 8.98. The zero-order valence-electron chi connectivity index (χ0n) is 20.4. The molecule has 0 amide bonds. The quantitative estimate of drug-likeness (QED) is 0.383. The van der Waals surface area contributed by atoms with Crippen LogP contribution < -0.4 is 4.74 Å². The minimum atomic E-state index is -0.748. The molecule has 1 atom stereocenters. The zero-order valence-corrected chi connectivity index (χ0v) is 20.4. The maximum Gasteiger partial charge on any atom is 0.130 e. The Morgan fingerprint density at radius 1 is 0.970 bits per heavy atom. The van der Waals surface area contributed by atoms with E-state index in [-0.39, 0.29) is 17.7 Å². The summed E-state index contributed by atoms with van der Waals surface area (Å²) in [4.78, 5) is 5.01. The van der Waals surface area contributed by atoms with Crippen molar-refractivity contribution in [3.05, 3.63) is 88.5 Å². The maximum atomic E-state index is 14.4. The Hall–Kier alpha value is -2.98. The Labute approximate surface area is 197 Å². The lowest BCUT2D eigenvalue weighted by Crippen LogP contribution is -2.13. The highest BCUT2D eigenvalue weighted by Crippen LogP contribution is 2.43. The van der Waals surface area contributed by atoms with Gasteiger partial charge in [0.05, 0.1) is 11.8 Å². The Kier molecular flexibility index (Phi) is 8.04. The summed E-state index contributed by atoms with van der Waals surface area (Å²) in [5.74, 6) is 0.363. The normalized spacial score (nSPS) is 12.7. The Balaban J connectivity index is 2.32. The van der Waals surface area contributed by atoms with Crippen molar-refractivity contribution in [1.82, 2.24) is 4.98 Å². The topological polar surface area (TPSA) is 42.4 Å². The van der Waals surface area contributed by atoms with Gasteiger partial charge < -0.3 is 9.84 Å². The summed E-state index contributed by atoms with van der Waals surface area (Å²) in [6, 6.07) is 14.4. The van der Waals surface area contributed by atoms with Gasteiger partial charge in [-0.1, -0.05) is 70.2 Å². The van der Waals surface area contributed by atoms with Crippen molar-refractivity contribution in [2.75, 3.05) is 0 Å². The first kappa shape index (κ1) is 24.7. The Morgan fingerprint density at radius 2 is 1.64 bits per heavy atom. The molecule has 0 aliphatic rings. The summed E-state index contributed by atoms with van der Waals surface area (Å²) in [5.41, 5.74) is 6.11. The van der Waals surface area contributed by atoms with Crippen molar-refractivity contribution in [2.45, 2.75) is 66.1 Å². The average molecular weight is 448 g/mol. The van der Waals surface area contributed by atoms with Gasteiger partial charge in [-0.05, 0) is 43.4 Å². The number of hydrogen-bond donors (Lipinski definition) is 1. The van der Waals surface area contributed by atoms with Crippen molar-refractivity contribution < 1.29 is 14.2 Å². The molecule has 3 rings (SSSR count). The highest BCUT2D eigenvalue weighted by atomic mass is 19.1. The van der Waals surface area contributed by atoms with Crippen LogP contribution in [0.5, 0.6) is 5.75 Å². The fourth-order valence-corrected chi connectivity index (χ4v) is 4.14. The fourth-order valence-electron chi connectivity index (χ4n) is 4.14. The van der Waals surface area contributed by atoms with Crippen LogP contribution in [0.3, 0.4) is 0 Å². The standard InChI is InChI=1S/C29H34FNO2/c1-7-11-24-27(26(20(6)32)29(19(4)5)31-28(24)18(2)3)23-15-14-22(30)16-25(23)33-17-21-12-9-8-10-13-21/h7-16,18-20,32H,17H2,1-6H3. The van der Waals surface area contributed by atoms with Gasteiger partial charge in [-0.25, -0.2) is 4.39 Å². The number of halogens is 1. The molecule has 1 aromatic heterocycles. The monoisotopic (exact) mass is 447 g/mol. The summed E-state index contributed by atoms with van der Waals surface area (Å²) in [7, 11) is 0. The summed E-state index contributed by atoms with van der Waals surface area (Å²) < 4.78 is 20.5. The molecule has 0 saturated heterocycles. The van der Waals surface area contributed by atoms with E-state index in [0.717, 1.165) is 39.2 Å². The number of aromatic nitrogens is 1. The molecule has 0 radical (unpaired) electrons. The third-order valence-corrected chi connectivity index (χ3v) is 5.63. The van der Waals surface area contributed by atoms with E-state index < -0.39 is 6.10 Å². The summed E-state index contributed by atoms with van der Waals surface area (Å²) >= 11 is 0. The molecule has 33 heavy (non-hydrogen) atoms. The van der Waals surface area contributed by atoms with Gasteiger partial charge in [0.2, 0.25) is 0 Å². The highest BCUT2D eigenvalue weighted by Gasteiger charge is 2.26. The second-order valence-electron chi connectivity index (χ2n) is 8.98. The number of ether oxygens (including phenoxy) is 1. The number of rotatable bonds is 8. The molecule has 0 aliphatic carbocycles. The van der Waals surface area contributed by atoms with Gasteiger partial charge in [-0.2, -0.15) is 0 Å². The van der Waals surface area contributed by atoms with Gasteiger partial charge >= 0.3 is 0 Å². The van der Waals surface area contributed by atoms with Crippen LogP contribution >= 0.6 is 0 Å². The Morgan fingerprint density at radius 3 is 2.21 bits per heavy atom. The molecule has 4 heteroatoms. The largest absolute Gasteiger partial charge is 0.488 e. The molecule has 0 spiro atoms. The van der Waals surface area contributed by atoms with Crippen molar-refractivity contribution in [1.29, 1.82) is 0 Å². The molecule has 3 aromatic rings. The minimum absolute atomic E-state index is 0.111. The molecule has 1 N–H and O–H groups in total. The lowest BCUT2D eigenvalue weighted by molar-refractivity contribution is 0.197. The first-order valence-electron chi connectivity index (χ1n) is 11.6. The number of benzene rings is 2. The van der Waals surface area contributed by atoms with Crippen LogP contribution in [-0.2, 0) is 6.61 Å². The lowest BCUT2D eigenvalue weighted by atomic mass is 9.85. The first-order chi connectivity index (χ1) is 15.7. The molecule has 2 aromatic carbocycles. The molecule has 1 unspecified atom stereocenters. The van der Waals surface area contributed by atoms with Crippen LogP contribution in [-0.4, -0.2) is 10.1 Å². The van der Waals surface area contributed by atoms with Crippen LogP contribution in [0.25, 0.3) is 17.2 Å². The van der Waals surface area contributed by atoms with E-state index in [9.17, 15) is 9.50 Å². The van der Waals surface area contributed by atoms with Crippen LogP contribution in [0.15, 0.2) is 54.6 Å². The fraction of sp³-hybridized carbons (Fsp3) is 0.345. The summed E-state index contributed by atoms with van der Waals surface area (Å²) in [6.45, 7) is 12.4.